The largest absolute Gasteiger partial charge is 0.504 e. The number of likely N-dealkylation sites (tertiary alicyclic amines) is 1. The molecule has 0 saturated carbocycles. The summed E-state index contributed by atoms with van der Waals surface area (Å²) < 4.78 is 11.9. The number of likely N-dealkylation sites (N-methyl/N-ethyl adjacent to an activating group) is 1. The number of nitrogens with one attached hydrogen (secondary N) is 1. The lowest BCUT2D eigenvalue weighted by Crippen LogP contribution is -2.71. The van der Waals surface area contributed by atoms with E-state index < -0.39 is 35.1 Å². The summed E-state index contributed by atoms with van der Waals surface area (Å²) >= 11 is 0. The summed E-state index contributed by atoms with van der Waals surface area (Å²) in [5, 5.41) is 34.4. The molecule has 0 aromatic heterocycles. The van der Waals surface area contributed by atoms with Gasteiger partial charge in [-0.15, -0.1) is 0 Å². The maximum absolute atomic E-state index is 12.6. The molecule has 180 valence electrons. The average Bonchev–Trinajstić information content (AvgIpc) is 3.13. The molecule has 9 heteroatoms. The van der Waals surface area contributed by atoms with Gasteiger partial charge in [-0.2, -0.15) is 0 Å². The normalized spacial score (nSPS) is 31.4. The van der Waals surface area contributed by atoms with E-state index in [1.54, 1.807) is 12.1 Å². The molecule has 4 rings (SSSR count). The number of aliphatic hydroxyl groups excluding tert-OH is 1. The molecular weight excluding hydrogens is 428 g/mol. The lowest BCUT2D eigenvalue weighted by Gasteiger charge is -2.58. The topological polar surface area (TPSA) is 129 Å². The number of hydrogen-bond donors (Lipinski definition) is 4. The fourth-order valence-corrected chi connectivity index (χ4v) is 5.62. The number of phenols is 1. The van der Waals surface area contributed by atoms with Crippen LogP contribution in [0.15, 0.2) is 24.0 Å². The van der Waals surface area contributed by atoms with Crippen LogP contribution in [-0.4, -0.2) is 76.1 Å². The number of amides is 1. The molecular formula is C24H32N2O7. The highest BCUT2D eigenvalue weighted by atomic mass is 16.6. The van der Waals surface area contributed by atoms with E-state index in [4.69, 9.17) is 9.47 Å². The van der Waals surface area contributed by atoms with Gasteiger partial charge in [0.2, 0.25) is 5.91 Å². The Hall–Kier alpha value is -2.62. The minimum atomic E-state index is -1.20. The second-order valence-corrected chi connectivity index (χ2v) is 9.41. The second-order valence-electron chi connectivity index (χ2n) is 9.41. The lowest BCUT2D eigenvalue weighted by atomic mass is 9.54. The van der Waals surface area contributed by atoms with E-state index >= 15 is 0 Å². The molecule has 1 amide bonds. The molecule has 1 aromatic rings. The summed E-state index contributed by atoms with van der Waals surface area (Å²) in [6.45, 7) is 5.97. The number of aryl methyl sites for hydroxylation is 1. The molecule has 33 heavy (non-hydrogen) atoms. The molecule has 1 aromatic carbocycles. The van der Waals surface area contributed by atoms with Gasteiger partial charge in [-0.1, -0.05) is 6.07 Å². The number of aliphatic hydroxyl groups is 2. The fraction of sp³-hybridized carbons (Fsp3) is 0.583. The van der Waals surface area contributed by atoms with E-state index in [1.807, 2.05) is 27.0 Å². The van der Waals surface area contributed by atoms with Crippen LogP contribution in [-0.2, 0) is 19.7 Å². The zero-order valence-electron chi connectivity index (χ0n) is 19.4. The molecule has 0 bridgehead atoms. The maximum atomic E-state index is 12.6. The van der Waals surface area contributed by atoms with E-state index in [0.29, 0.717) is 24.5 Å². The number of phenolic OH excluding ortho intramolecular Hbond substituents is 1. The van der Waals surface area contributed by atoms with Gasteiger partial charge < -0.3 is 35.0 Å². The fourth-order valence-electron chi connectivity index (χ4n) is 5.62. The molecule has 9 nitrogen and oxygen atoms in total. The molecule has 2 heterocycles. The number of fused-ring (bicyclic) bond motifs is 1. The highest BCUT2D eigenvalue weighted by Gasteiger charge is 2.69. The molecule has 4 N–H and O–H groups in total. The van der Waals surface area contributed by atoms with Crippen molar-refractivity contribution in [2.75, 3.05) is 20.1 Å². The summed E-state index contributed by atoms with van der Waals surface area (Å²) in [7, 11) is 1.97. The maximum Gasteiger partial charge on any atom is 0.312 e. The Labute approximate surface area is 193 Å². The van der Waals surface area contributed by atoms with Crippen molar-refractivity contribution in [1.82, 2.24) is 10.2 Å². The number of rotatable bonds is 5. The number of carbonyl (C=O) groups excluding carboxylic acids is 2. The van der Waals surface area contributed by atoms with Gasteiger partial charge in [-0.25, -0.2) is 0 Å². The SMILES string of the molecule is Cc1ccc(O)c2c1[C@]13CCN(C)[C@H](C)[C@]1(O)CC=C(OC(=O)CCNC(=O)[C@H](C)O)[C@@H]3O2. The van der Waals surface area contributed by atoms with Crippen molar-refractivity contribution < 1.29 is 34.4 Å². The summed E-state index contributed by atoms with van der Waals surface area (Å²) in [5.74, 6) is -0.514. The molecule has 1 spiro atoms. The van der Waals surface area contributed by atoms with Gasteiger partial charge in [0, 0.05) is 24.6 Å². The van der Waals surface area contributed by atoms with Gasteiger partial charge in [0.25, 0.3) is 0 Å². The minimum absolute atomic E-state index is 0.0141. The van der Waals surface area contributed by atoms with Gasteiger partial charge in [-0.3, -0.25) is 9.59 Å². The predicted octanol–water partition coefficient (Wildman–Crippen LogP) is 0.872. The highest BCUT2D eigenvalue weighted by Crippen LogP contribution is 2.62. The number of benzene rings is 1. The number of ether oxygens (including phenoxy) is 2. The Morgan fingerprint density at radius 2 is 2.12 bits per heavy atom. The van der Waals surface area contributed by atoms with Crippen molar-refractivity contribution >= 4 is 11.9 Å². The molecule has 1 aliphatic carbocycles. The van der Waals surface area contributed by atoms with Gasteiger partial charge in [0.1, 0.15) is 11.9 Å². The van der Waals surface area contributed by atoms with E-state index in [1.165, 1.54) is 6.92 Å². The van der Waals surface area contributed by atoms with Crippen LogP contribution < -0.4 is 10.1 Å². The third-order valence-corrected chi connectivity index (χ3v) is 7.57. The van der Waals surface area contributed by atoms with Crippen molar-refractivity contribution in [3.8, 4) is 11.5 Å². The van der Waals surface area contributed by atoms with Crippen molar-refractivity contribution in [3.05, 3.63) is 35.1 Å². The van der Waals surface area contributed by atoms with Gasteiger partial charge in [-0.05, 0) is 58.5 Å². The van der Waals surface area contributed by atoms with Crippen LogP contribution in [0, 0.1) is 6.92 Å². The number of esters is 1. The van der Waals surface area contributed by atoms with Crippen molar-refractivity contribution in [2.24, 2.45) is 0 Å². The predicted molar refractivity (Wildman–Crippen MR) is 119 cm³/mol. The smallest absolute Gasteiger partial charge is 0.312 e. The van der Waals surface area contributed by atoms with Crippen LogP contribution in [0.4, 0.5) is 0 Å². The Kier molecular flexibility index (Phi) is 5.92. The van der Waals surface area contributed by atoms with Crippen LogP contribution >= 0.6 is 0 Å². The Balaban J connectivity index is 1.66. The van der Waals surface area contributed by atoms with Gasteiger partial charge in [0.15, 0.2) is 17.6 Å². The van der Waals surface area contributed by atoms with Crippen molar-refractivity contribution in [1.29, 1.82) is 0 Å². The first kappa shape index (κ1) is 23.5. The third-order valence-electron chi connectivity index (χ3n) is 7.57. The van der Waals surface area contributed by atoms with Gasteiger partial charge >= 0.3 is 5.97 Å². The highest BCUT2D eigenvalue weighted by molar-refractivity contribution is 5.80. The number of aromatic hydroxyl groups is 1. The molecule has 0 unspecified atom stereocenters. The first-order chi connectivity index (χ1) is 15.5. The minimum Gasteiger partial charge on any atom is -0.504 e. The number of hydrogen-bond acceptors (Lipinski definition) is 8. The van der Waals surface area contributed by atoms with Crippen molar-refractivity contribution in [3.63, 3.8) is 0 Å². The molecule has 2 aliphatic heterocycles. The Morgan fingerprint density at radius 1 is 1.39 bits per heavy atom. The molecule has 1 saturated heterocycles. The molecule has 0 radical (unpaired) electrons. The second kappa shape index (κ2) is 8.30. The van der Waals surface area contributed by atoms with E-state index in [2.05, 4.69) is 10.2 Å². The summed E-state index contributed by atoms with van der Waals surface area (Å²) in [6.07, 6.45) is 0.497. The summed E-state index contributed by atoms with van der Waals surface area (Å²) in [6, 6.07) is 3.18. The summed E-state index contributed by atoms with van der Waals surface area (Å²) in [4.78, 5) is 26.2. The summed E-state index contributed by atoms with van der Waals surface area (Å²) in [5.41, 5.74) is -0.424. The van der Waals surface area contributed by atoms with E-state index in [9.17, 15) is 24.9 Å². The third kappa shape index (κ3) is 3.50. The molecule has 3 aliphatic rings. The Bertz CT molecular complexity index is 1010. The van der Waals surface area contributed by atoms with Crippen LogP contribution in [0.3, 0.4) is 0 Å². The zero-order valence-corrected chi connectivity index (χ0v) is 19.4. The van der Waals surface area contributed by atoms with Crippen molar-refractivity contribution in [2.45, 2.75) is 69.3 Å². The first-order valence-corrected chi connectivity index (χ1v) is 11.3. The van der Waals surface area contributed by atoms with Crippen LogP contribution in [0.5, 0.6) is 11.5 Å². The molecule has 5 atom stereocenters. The lowest BCUT2D eigenvalue weighted by molar-refractivity contribution is -0.161. The van der Waals surface area contributed by atoms with E-state index in [0.717, 1.165) is 11.1 Å². The number of piperidine rings is 1. The number of carbonyl (C=O) groups is 2. The Morgan fingerprint density at radius 3 is 2.82 bits per heavy atom. The number of nitrogens with zero attached hydrogens (tertiary/aromatic N) is 1. The van der Waals surface area contributed by atoms with E-state index in [-0.39, 0.29) is 31.2 Å². The zero-order chi connectivity index (χ0) is 24.1. The monoisotopic (exact) mass is 460 g/mol. The quantitative estimate of drug-likeness (QED) is 0.477. The van der Waals surface area contributed by atoms with Crippen LogP contribution in [0.25, 0.3) is 0 Å². The molecule has 1 fully saturated rings. The first-order valence-electron chi connectivity index (χ1n) is 11.3. The standard InChI is InChI=1S/C24H32N2O7/c1-13-5-6-16(28)20-19(13)23-10-12-26(4)15(3)24(23,31)9-7-17(21(23)33-20)32-18(29)8-11-25-22(30)14(2)27/h5-7,14-15,21,27-28,31H,8-12H2,1-4H3,(H,25,30)/t14-,15+,21-,23-,24+/m0/s1. The average molecular weight is 461 g/mol. The van der Waals surface area contributed by atoms with Crippen LogP contribution in [0.2, 0.25) is 0 Å². The van der Waals surface area contributed by atoms with Gasteiger partial charge in [0.05, 0.1) is 17.4 Å². The van der Waals surface area contributed by atoms with Crippen LogP contribution in [0.1, 0.15) is 44.2 Å².